The third-order valence-corrected chi connectivity index (χ3v) is 3.21. The number of rotatable bonds is 6. The van der Waals surface area contributed by atoms with Crippen LogP contribution in [-0.2, 0) is 11.3 Å². The van der Waals surface area contributed by atoms with E-state index in [9.17, 15) is 4.79 Å². The second-order valence-electron chi connectivity index (χ2n) is 5.43. The van der Waals surface area contributed by atoms with E-state index in [1.807, 2.05) is 26.0 Å². The number of ether oxygens (including phenoxy) is 2. The Hall–Kier alpha value is -1.82. The van der Waals surface area contributed by atoms with E-state index in [0.29, 0.717) is 24.9 Å². The highest BCUT2D eigenvalue weighted by molar-refractivity contribution is 5.73. The Bertz CT molecular complexity index is 459. The number of nitrogens with one attached hydrogen (secondary N) is 2. The van der Waals surface area contributed by atoms with Gasteiger partial charge in [0.2, 0.25) is 5.88 Å². The van der Waals surface area contributed by atoms with Gasteiger partial charge in [0.15, 0.2) is 0 Å². The third kappa shape index (κ3) is 5.23. The summed E-state index contributed by atoms with van der Waals surface area (Å²) in [6.45, 7) is 6.45. The number of hydrogen-bond donors (Lipinski definition) is 2. The van der Waals surface area contributed by atoms with Gasteiger partial charge in [0.1, 0.15) is 0 Å². The number of urea groups is 1. The van der Waals surface area contributed by atoms with Crippen molar-refractivity contribution in [2.24, 2.45) is 5.92 Å². The van der Waals surface area contributed by atoms with Gasteiger partial charge in [0.05, 0.1) is 12.7 Å². The maximum atomic E-state index is 11.8. The molecule has 0 saturated carbocycles. The number of aromatic nitrogens is 1. The molecule has 0 spiro atoms. The first kappa shape index (κ1) is 15.6. The van der Waals surface area contributed by atoms with E-state index >= 15 is 0 Å². The molecule has 1 fully saturated rings. The quantitative estimate of drug-likeness (QED) is 0.837. The Morgan fingerprint density at radius 1 is 1.52 bits per heavy atom. The first-order chi connectivity index (χ1) is 10.1. The Labute approximate surface area is 125 Å². The molecule has 0 unspecified atom stereocenters. The molecule has 2 amide bonds. The lowest BCUT2D eigenvalue weighted by molar-refractivity contribution is 0.185. The van der Waals surface area contributed by atoms with Crippen molar-refractivity contribution in [3.63, 3.8) is 0 Å². The summed E-state index contributed by atoms with van der Waals surface area (Å²) in [5.41, 5.74) is 0.866. The topological polar surface area (TPSA) is 72.5 Å². The van der Waals surface area contributed by atoms with Crippen molar-refractivity contribution >= 4 is 6.03 Å². The monoisotopic (exact) mass is 293 g/mol. The Morgan fingerprint density at radius 3 is 3.10 bits per heavy atom. The maximum Gasteiger partial charge on any atom is 0.315 e. The van der Waals surface area contributed by atoms with E-state index in [1.54, 1.807) is 6.20 Å². The van der Waals surface area contributed by atoms with Gasteiger partial charge >= 0.3 is 6.03 Å². The predicted octanol–water partition coefficient (Wildman–Crippen LogP) is 1.70. The van der Waals surface area contributed by atoms with E-state index in [1.165, 1.54) is 0 Å². The van der Waals surface area contributed by atoms with Gasteiger partial charge in [-0.15, -0.1) is 0 Å². The lowest BCUT2D eigenvalue weighted by atomic mass is 10.1. The molecule has 2 N–H and O–H groups in total. The predicted molar refractivity (Wildman–Crippen MR) is 79.2 cm³/mol. The molecular weight excluding hydrogens is 270 g/mol. The number of pyridine rings is 1. The van der Waals surface area contributed by atoms with Gasteiger partial charge in [-0.1, -0.05) is 6.07 Å². The SMILES string of the molecule is CC(C)Oc1ncccc1CNC(=O)NC[C@H]1CCOC1. The highest BCUT2D eigenvalue weighted by atomic mass is 16.5. The normalized spacial score (nSPS) is 17.8. The van der Waals surface area contributed by atoms with Gasteiger partial charge < -0.3 is 20.1 Å². The second kappa shape index (κ2) is 7.83. The molecular formula is C15H23N3O3. The van der Waals surface area contributed by atoms with Gasteiger partial charge in [-0.3, -0.25) is 0 Å². The maximum absolute atomic E-state index is 11.8. The van der Waals surface area contributed by atoms with Crippen LogP contribution in [0.1, 0.15) is 25.8 Å². The molecule has 21 heavy (non-hydrogen) atoms. The summed E-state index contributed by atoms with van der Waals surface area (Å²) in [7, 11) is 0. The fourth-order valence-electron chi connectivity index (χ4n) is 2.11. The van der Waals surface area contributed by atoms with Crippen molar-refractivity contribution in [1.29, 1.82) is 0 Å². The second-order valence-corrected chi connectivity index (χ2v) is 5.43. The minimum atomic E-state index is -0.179. The summed E-state index contributed by atoms with van der Waals surface area (Å²) in [4.78, 5) is 16.0. The highest BCUT2D eigenvalue weighted by Gasteiger charge is 2.16. The van der Waals surface area contributed by atoms with Crippen molar-refractivity contribution in [3.8, 4) is 5.88 Å². The van der Waals surface area contributed by atoms with Crippen LogP contribution in [0.3, 0.4) is 0 Å². The molecule has 1 aromatic rings. The number of carbonyl (C=O) groups excluding carboxylic acids is 1. The molecule has 0 radical (unpaired) electrons. The molecule has 1 saturated heterocycles. The van der Waals surface area contributed by atoms with Crippen LogP contribution < -0.4 is 15.4 Å². The van der Waals surface area contributed by atoms with Crippen LogP contribution in [0.4, 0.5) is 4.79 Å². The molecule has 0 aromatic carbocycles. The van der Waals surface area contributed by atoms with Crippen LogP contribution >= 0.6 is 0 Å². The number of nitrogens with zero attached hydrogens (tertiary/aromatic N) is 1. The van der Waals surface area contributed by atoms with E-state index in [2.05, 4.69) is 15.6 Å². The zero-order chi connectivity index (χ0) is 15.1. The van der Waals surface area contributed by atoms with Crippen LogP contribution in [0.15, 0.2) is 18.3 Å². The Kier molecular flexibility index (Phi) is 5.80. The van der Waals surface area contributed by atoms with Gasteiger partial charge in [0.25, 0.3) is 0 Å². The van der Waals surface area contributed by atoms with Crippen LogP contribution in [0.2, 0.25) is 0 Å². The minimum Gasteiger partial charge on any atom is -0.475 e. The van der Waals surface area contributed by atoms with E-state index in [-0.39, 0.29) is 12.1 Å². The van der Waals surface area contributed by atoms with Crippen molar-refractivity contribution < 1.29 is 14.3 Å². The van der Waals surface area contributed by atoms with Gasteiger partial charge in [-0.05, 0) is 26.3 Å². The molecule has 6 heteroatoms. The molecule has 6 nitrogen and oxygen atoms in total. The molecule has 1 aromatic heterocycles. The smallest absolute Gasteiger partial charge is 0.315 e. The average Bonchev–Trinajstić information content (AvgIpc) is 2.97. The Morgan fingerprint density at radius 2 is 2.38 bits per heavy atom. The standard InChI is InChI=1S/C15H23N3O3/c1-11(2)21-14-13(4-3-6-16-14)9-18-15(19)17-8-12-5-7-20-10-12/h3-4,6,11-12H,5,7-10H2,1-2H3,(H2,17,18,19)/t12-/m1/s1. The van der Waals surface area contributed by atoms with Crippen LogP contribution in [0, 0.1) is 5.92 Å². The summed E-state index contributed by atoms with van der Waals surface area (Å²) in [5.74, 6) is 0.992. The molecule has 1 aliphatic rings. The molecule has 2 heterocycles. The largest absolute Gasteiger partial charge is 0.475 e. The molecule has 0 aliphatic carbocycles. The van der Waals surface area contributed by atoms with Crippen molar-refractivity contribution in [1.82, 2.24) is 15.6 Å². The summed E-state index contributed by atoms with van der Waals surface area (Å²) in [6, 6.07) is 3.55. The average molecular weight is 293 g/mol. The number of hydrogen-bond acceptors (Lipinski definition) is 4. The molecule has 1 aliphatic heterocycles. The van der Waals surface area contributed by atoms with Crippen molar-refractivity contribution in [3.05, 3.63) is 23.9 Å². The highest BCUT2D eigenvalue weighted by Crippen LogP contribution is 2.15. The Balaban J connectivity index is 1.77. The molecule has 2 rings (SSSR count). The molecule has 1 atom stereocenters. The summed E-state index contributed by atoms with van der Waals surface area (Å²) < 4.78 is 10.9. The number of carbonyl (C=O) groups is 1. The van der Waals surface area contributed by atoms with E-state index < -0.39 is 0 Å². The fourth-order valence-corrected chi connectivity index (χ4v) is 2.11. The van der Waals surface area contributed by atoms with E-state index in [0.717, 1.165) is 25.2 Å². The van der Waals surface area contributed by atoms with Gasteiger partial charge in [0, 0.05) is 37.4 Å². The summed E-state index contributed by atoms with van der Waals surface area (Å²) >= 11 is 0. The fraction of sp³-hybridized carbons (Fsp3) is 0.600. The van der Waals surface area contributed by atoms with Crippen molar-refractivity contribution in [2.75, 3.05) is 19.8 Å². The first-order valence-electron chi connectivity index (χ1n) is 7.35. The molecule has 116 valence electrons. The van der Waals surface area contributed by atoms with Crippen LogP contribution in [0.5, 0.6) is 5.88 Å². The zero-order valence-electron chi connectivity index (χ0n) is 12.6. The zero-order valence-corrected chi connectivity index (χ0v) is 12.6. The number of amides is 2. The van der Waals surface area contributed by atoms with Crippen LogP contribution in [0.25, 0.3) is 0 Å². The summed E-state index contributed by atoms with van der Waals surface area (Å²) in [5, 5.41) is 5.69. The summed E-state index contributed by atoms with van der Waals surface area (Å²) in [6.07, 6.45) is 2.74. The third-order valence-electron chi connectivity index (χ3n) is 3.21. The van der Waals surface area contributed by atoms with Gasteiger partial charge in [-0.2, -0.15) is 0 Å². The minimum absolute atomic E-state index is 0.0508. The lowest BCUT2D eigenvalue weighted by Gasteiger charge is -2.14. The van der Waals surface area contributed by atoms with Gasteiger partial charge in [-0.25, -0.2) is 9.78 Å². The lowest BCUT2D eigenvalue weighted by Crippen LogP contribution is -2.38. The van der Waals surface area contributed by atoms with Crippen molar-refractivity contribution in [2.45, 2.75) is 32.9 Å². The first-order valence-corrected chi connectivity index (χ1v) is 7.35. The van der Waals surface area contributed by atoms with E-state index in [4.69, 9.17) is 9.47 Å². The molecule has 0 bridgehead atoms. The van der Waals surface area contributed by atoms with Crippen LogP contribution in [-0.4, -0.2) is 36.9 Å².